The summed E-state index contributed by atoms with van der Waals surface area (Å²) in [6.07, 6.45) is 0.670. The molecule has 0 radical (unpaired) electrons. The number of amides is 1. The molecule has 1 amide bonds. The predicted molar refractivity (Wildman–Crippen MR) is 120 cm³/mol. The molecule has 0 unspecified atom stereocenters. The van der Waals surface area contributed by atoms with Crippen LogP contribution in [0.1, 0.15) is 23.4 Å². The lowest BCUT2D eigenvalue weighted by Crippen LogP contribution is -2.30. The van der Waals surface area contributed by atoms with Crippen molar-refractivity contribution in [3.8, 4) is 11.4 Å². The molecule has 6 heteroatoms. The molecule has 1 aromatic heterocycles. The van der Waals surface area contributed by atoms with E-state index in [2.05, 4.69) is 10.1 Å². The van der Waals surface area contributed by atoms with Gasteiger partial charge in [0.2, 0.25) is 17.6 Å². The van der Waals surface area contributed by atoms with Gasteiger partial charge in [0.25, 0.3) is 0 Å². The van der Waals surface area contributed by atoms with Crippen molar-refractivity contribution in [1.29, 1.82) is 0 Å². The Kier molecular flexibility index (Phi) is 6.75. The Morgan fingerprint density at radius 1 is 0.871 bits per heavy atom. The van der Waals surface area contributed by atoms with Crippen LogP contribution in [0.5, 0.6) is 0 Å². The summed E-state index contributed by atoms with van der Waals surface area (Å²) < 4.78 is 5.35. The molecule has 0 aliphatic carbocycles. The van der Waals surface area contributed by atoms with Crippen LogP contribution >= 0.6 is 11.6 Å². The van der Waals surface area contributed by atoms with Gasteiger partial charge in [0.15, 0.2) is 0 Å². The number of benzene rings is 3. The second-order valence-electron chi connectivity index (χ2n) is 7.24. The molecular formula is C25H22ClN3O2. The van der Waals surface area contributed by atoms with Gasteiger partial charge < -0.3 is 9.42 Å². The van der Waals surface area contributed by atoms with Crippen LogP contribution in [0.2, 0.25) is 5.02 Å². The molecule has 0 aliphatic heterocycles. The Hall–Kier alpha value is -3.44. The highest BCUT2D eigenvalue weighted by Gasteiger charge is 2.17. The van der Waals surface area contributed by atoms with Crippen LogP contribution in [0.15, 0.2) is 89.5 Å². The fourth-order valence-corrected chi connectivity index (χ4v) is 3.50. The van der Waals surface area contributed by atoms with Crippen LogP contribution in [0, 0.1) is 0 Å². The van der Waals surface area contributed by atoms with E-state index < -0.39 is 0 Å². The third kappa shape index (κ3) is 5.80. The van der Waals surface area contributed by atoms with Crippen LogP contribution in [0.4, 0.5) is 0 Å². The number of halogens is 1. The van der Waals surface area contributed by atoms with Gasteiger partial charge in [0.1, 0.15) is 0 Å². The van der Waals surface area contributed by atoms with E-state index >= 15 is 0 Å². The third-order valence-corrected chi connectivity index (χ3v) is 5.12. The first kappa shape index (κ1) is 20.8. The summed E-state index contributed by atoms with van der Waals surface area (Å²) in [6, 6.07) is 27.3. The molecule has 0 spiro atoms. The fourth-order valence-electron chi connectivity index (χ4n) is 3.31. The molecule has 1 heterocycles. The number of hydrogen-bond donors (Lipinski definition) is 0. The van der Waals surface area contributed by atoms with Crippen molar-refractivity contribution in [1.82, 2.24) is 15.0 Å². The Bertz CT molecular complexity index is 1090. The SMILES string of the molecule is O=C(CCc1nc(-c2cccc(Cl)c2)no1)N(Cc1ccccc1)Cc1ccccc1. The van der Waals surface area contributed by atoms with Gasteiger partial charge in [0.05, 0.1) is 0 Å². The molecule has 0 aliphatic rings. The molecule has 0 saturated carbocycles. The van der Waals surface area contributed by atoms with Gasteiger partial charge in [-0.3, -0.25) is 4.79 Å². The molecule has 0 N–H and O–H groups in total. The molecule has 3 aromatic carbocycles. The fraction of sp³-hybridized carbons (Fsp3) is 0.160. The quantitative estimate of drug-likeness (QED) is 0.367. The smallest absolute Gasteiger partial charge is 0.227 e. The minimum Gasteiger partial charge on any atom is -0.339 e. The summed E-state index contributed by atoms with van der Waals surface area (Å²) in [6.45, 7) is 1.10. The van der Waals surface area contributed by atoms with Gasteiger partial charge in [-0.1, -0.05) is 89.6 Å². The van der Waals surface area contributed by atoms with Crippen LogP contribution in [-0.2, 0) is 24.3 Å². The van der Waals surface area contributed by atoms with E-state index in [4.69, 9.17) is 16.1 Å². The first-order valence-corrected chi connectivity index (χ1v) is 10.5. The van der Waals surface area contributed by atoms with Crippen molar-refractivity contribution in [3.63, 3.8) is 0 Å². The average molecular weight is 432 g/mol. The van der Waals surface area contributed by atoms with E-state index in [0.29, 0.717) is 36.2 Å². The standard InChI is InChI=1S/C25H22ClN3O2/c26-22-13-7-12-21(16-22)25-27-23(31-28-25)14-15-24(30)29(17-19-8-3-1-4-9-19)18-20-10-5-2-6-11-20/h1-13,16H,14-15,17-18H2. The Labute approximate surface area is 186 Å². The molecule has 156 valence electrons. The third-order valence-electron chi connectivity index (χ3n) is 4.89. The minimum atomic E-state index is 0.0372. The predicted octanol–water partition coefficient (Wildman–Crippen LogP) is 5.55. The number of aryl methyl sites for hydroxylation is 1. The highest BCUT2D eigenvalue weighted by atomic mass is 35.5. The lowest BCUT2D eigenvalue weighted by Gasteiger charge is -2.23. The van der Waals surface area contributed by atoms with E-state index in [1.807, 2.05) is 77.7 Å². The second-order valence-corrected chi connectivity index (χ2v) is 7.68. The van der Waals surface area contributed by atoms with Crippen LogP contribution in [0.25, 0.3) is 11.4 Å². The number of rotatable bonds is 8. The van der Waals surface area contributed by atoms with E-state index in [-0.39, 0.29) is 12.3 Å². The first-order chi connectivity index (χ1) is 15.2. The van der Waals surface area contributed by atoms with E-state index in [1.165, 1.54) is 0 Å². The number of nitrogens with zero attached hydrogens (tertiary/aromatic N) is 3. The Balaban J connectivity index is 1.43. The van der Waals surface area contributed by atoms with Crippen LogP contribution in [-0.4, -0.2) is 20.9 Å². The maximum atomic E-state index is 13.1. The highest BCUT2D eigenvalue weighted by Crippen LogP contribution is 2.20. The van der Waals surface area contributed by atoms with Gasteiger partial charge in [-0.15, -0.1) is 0 Å². The molecule has 5 nitrogen and oxygen atoms in total. The van der Waals surface area contributed by atoms with Crippen molar-refractivity contribution < 1.29 is 9.32 Å². The van der Waals surface area contributed by atoms with Crippen molar-refractivity contribution >= 4 is 17.5 Å². The monoisotopic (exact) mass is 431 g/mol. The minimum absolute atomic E-state index is 0.0372. The number of carbonyl (C=O) groups is 1. The summed E-state index contributed by atoms with van der Waals surface area (Å²) in [5.74, 6) is 0.938. The number of aromatic nitrogens is 2. The second kappa shape index (κ2) is 10.0. The number of carbonyl (C=O) groups excluding carboxylic acids is 1. The molecule has 4 aromatic rings. The molecular weight excluding hydrogens is 410 g/mol. The molecule has 0 atom stereocenters. The zero-order chi connectivity index (χ0) is 21.5. The van der Waals surface area contributed by atoms with E-state index in [1.54, 1.807) is 12.1 Å². The average Bonchev–Trinajstić information content (AvgIpc) is 3.28. The summed E-state index contributed by atoms with van der Waals surface area (Å²) in [4.78, 5) is 19.3. The lowest BCUT2D eigenvalue weighted by atomic mass is 10.1. The van der Waals surface area contributed by atoms with E-state index in [9.17, 15) is 4.79 Å². The Morgan fingerprint density at radius 2 is 1.52 bits per heavy atom. The normalized spacial score (nSPS) is 10.7. The summed E-state index contributed by atoms with van der Waals surface area (Å²) in [5.41, 5.74) is 2.96. The van der Waals surface area contributed by atoms with Crippen molar-refractivity contribution in [3.05, 3.63) is 107 Å². The molecule has 0 saturated heterocycles. The van der Waals surface area contributed by atoms with E-state index in [0.717, 1.165) is 16.7 Å². The van der Waals surface area contributed by atoms with Crippen molar-refractivity contribution in [2.75, 3.05) is 0 Å². The Morgan fingerprint density at radius 3 is 2.13 bits per heavy atom. The zero-order valence-electron chi connectivity index (χ0n) is 16.9. The summed E-state index contributed by atoms with van der Waals surface area (Å²) >= 11 is 6.04. The highest BCUT2D eigenvalue weighted by molar-refractivity contribution is 6.30. The van der Waals surface area contributed by atoms with Gasteiger partial charge in [-0.05, 0) is 23.3 Å². The molecule has 0 fully saturated rings. The molecule has 31 heavy (non-hydrogen) atoms. The van der Waals surface area contributed by atoms with Gasteiger partial charge >= 0.3 is 0 Å². The largest absolute Gasteiger partial charge is 0.339 e. The van der Waals surface area contributed by atoms with Crippen molar-refractivity contribution in [2.24, 2.45) is 0 Å². The van der Waals surface area contributed by atoms with Gasteiger partial charge in [-0.2, -0.15) is 4.98 Å². The lowest BCUT2D eigenvalue weighted by molar-refractivity contribution is -0.132. The molecule has 4 rings (SSSR count). The zero-order valence-corrected chi connectivity index (χ0v) is 17.7. The number of hydrogen-bond acceptors (Lipinski definition) is 4. The maximum Gasteiger partial charge on any atom is 0.227 e. The molecule has 0 bridgehead atoms. The van der Waals surface area contributed by atoms with Gasteiger partial charge in [0, 0.05) is 36.5 Å². The van der Waals surface area contributed by atoms with Gasteiger partial charge in [-0.25, -0.2) is 0 Å². The summed E-state index contributed by atoms with van der Waals surface area (Å²) in [7, 11) is 0. The van der Waals surface area contributed by atoms with Crippen molar-refractivity contribution in [2.45, 2.75) is 25.9 Å². The maximum absolute atomic E-state index is 13.1. The first-order valence-electron chi connectivity index (χ1n) is 10.1. The summed E-state index contributed by atoms with van der Waals surface area (Å²) in [5, 5.41) is 4.62. The van der Waals surface area contributed by atoms with Crippen LogP contribution < -0.4 is 0 Å². The topological polar surface area (TPSA) is 59.2 Å². The van der Waals surface area contributed by atoms with Crippen LogP contribution in [0.3, 0.4) is 0 Å².